The summed E-state index contributed by atoms with van der Waals surface area (Å²) in [4.78, 5) is 4.22. The largest absolute Gasteiger partial charge is 0.371 e. The quantitative estimate of drug-likeness (QED) is 0.443. The van der Waals surface area contributed by atoms with Crippen molar-refractivity contribution in [3.8, 4) is 0 Å². The second kappa shape index (κ2) is 10.4. The lowest BCUT2D eigenvalue weighted by Crippen LogP contribution is -2.33. The van der Waals surface area contributed by atoms with E-state index in [1.54, 1.807) is 25.4 Å². The smallest absolute Gasteiger partial charge is 0.356 e. The van der Waals surface area contributed by atoms with Crippen LogP contribution >= 0.6 is 19.2 Å². The van der Waals surface area contributed by atoms with Crippen molar-refractivity contribution in [2.24, 2.45) is 0 Å². The highest BCUT2D eigenvalue weighted by molar-refractivity contribution is 7.53. The third-order valence-electron chi connectivity index (χ3n) is 5.64. The monoisotopic (exact) mass is 518 g/mol. The van der Waals surface area contributed by atoms with Crippen molar-refractivity contribution in [2.75, 3.05) is 38.5 Å². The molecule has 34 heavy (non-hydrogen) atoms. The molecule has 0 radical (unpaired) electrons. The fourth-order valence-electron chi connectivity index (χ4n) is 4.42. The van der Waals surface area contributed by atoms with Gasteiger partial charge in [-0.3, -0.25) is 4.57 Å². The molecule has 0 unspecified atom stereocenters. The lowest BCUT2D eigenvalue weighted by molar-refractivity contribution is -0.191. The second-order valence-corrected chi connectivity index (χ2v) is 10.9. The van der Waals surface area contributed by atoms with Crippen LogP contribution in [-0.4, -0.2) is 78.0 Å². The summed E-state index contributed by atoms with van der Waals surface area (Å²) in [6.07, 6.45) is -1.01. The van der Waals surface area contributed by atoms with Crippen molar-refractivity contribution in [1.29, 1.82) is 0 Å². The minimum Gasteiger partial charge on any atom is -0.371 e. The lowest BCUT2D eigenvalue weighted by Gasteiger charge is -2.24. The Morgan fingerprint density at radius 2 is 1.85 bits per heavy atom. The van der Waals surface area contributed by atoms with Crippen LogP contribution in [0.15, 0.2) is 12.1 Å². The van der Waals surface area contributed by atoms with Crippen molar-refractivity contribution in [3.63, 3.8) is 0 Å². The zero-order chi connectivity index (χ0) is 24.5. The predicted molar refractivity (Wildman–Crippen MR) is 125 cm³/mol. The molecular weight excluding hydrogens is 487 g/mol. The molecule has 0 aliphatic carbocycles. The van der Waals surface area contributed by atoms with Crippen molar-refractivity contribution in [1.82, 2.24) is 14.6 Å². The van der Waals surface area contributed by atoms with Gasteiger partial charge in [0.1, 0.15) is 30.2 Å². The highest BCUT2D eigenvalue weighted by Crippen LogP contribution is 2.48. The maximum atomic E-state index is 12.7. The zero-order valence-electron chi connectivity index (χ0n) is 20.0. The molecule has 2 aliphatic rings. The summed E-state index contributed by atoms with van der Waals surface area (Å²) < 4.78 is 49.4. The van der Waals surface area contributed by atoms with Crippen LogP contribution in [0.1, 0.15) is 33.4 Å². The van der Waals surface area contributed by atoms with E-state index in [2.05, 4.69) is 15.4 Å². The summed E-state index contributed by atoms with van der Waals surface area (Å²) in [5.74, 6) is -0.120. The first-order valence-corrected chi connectivity index (χ1v) is 13.5. The van der Waals surface area contributed by atoms with E-state index in [1.807, 2.05) is 26.0 Å². The third kappa shape index (κ3) is 5.42. The minimum atomic E-state index is -3.32. The first-order valence-electron chi connectivity index (χ1n) is 11.4. The van der Waals surface area contributed by atoms with E-state index in [9.17, 15) is 4.57 Å². The Bertz CT molecular complexity index is 1040. The topological polar surface area (TPSA) is 115 Å². The summed E-state index contributed by atoms with van der Waals surface area (Å²) in [5, 5.41) is 7.52. The van der Waals surface area contributed by atoms with Gasteiger partial charge >= 0.3 is 7.60 Å². The van der Waals surface area contributed by atoms with E-state index in [0.29, 0.717) is 12.2 Å². The number of aromatic nitrogens is 3. The highest BCUT2D eigenvalue weighted by Gasteiger charge is 2.55. The van der Waals surface area contributed by atoms with E-state index >= 15 is 0 Å². The number of ether oxygens (including phenoxy) is 4. The Hall–Kier alpha value is -1.30. The summed E-state index contributed by atoms with van der Waals surface area (Å²) in [6.45, 7) is 7.97. The zero-order valence-corrected chi connectivity index (χ0v) is 21.7. The van der Waals surface area contributed by atoms with Gasteiger partial charge in [-0.25, -0.2) is 4.52 Å². The van der Waals surface area contributed by atoms with Crippen LogP contribution < -0.4 is 5.32 Å². The number of nitrogens with zero attached hydrogens (tertiary/aromatic N) is 3. The van der Waals surface area contributed by atoms with Crippen molar-refractivity contribution in [2.45, 2.75) is 64.3 Å². The molecule has 2 aromatic heterocycles. The highest BCUT2D eigenvalue weighted by atomic mass is 35.5. The number of fused-ring (bicyclic) bond motifs is 2. The van der Waals surface area contributed by atoms with Gasteiger partial charge < -0.3 is 33.3 Å². The number of hydrogen-bond acceptors (Lipinski definition) is 10. The number of halogens is 1. The van der Waals surface area contributed by atoms with Gasteiger partial charge in [0.2, 0.25) is 5.28 Å². The van der Waals surface area contributed by atoms with Crippen LogP contribution in [0.25, 0.3) is 5.52 Å². The van der Waals surface area contributed by atoms with Crippen molar-refractivity contribution in [3.05, 3.63) is 23.1 Å². The fraction of sp³-hybridized carbons (Fsp3) is 0.714. The van der Waals surface area contributed by atoms with Gasteiger partial charge in [0.05, 0.1) is 25.9 Å². The van der Waals surface area contributed by atoms with Gasteiger partial charge in [-0.05, 0) is 51.4 Å². The fourth-order valence-corrected chi connectivity index (χ4v) is 5.92. The molecule has 0 aromatic carbocycles. The average Bonchev–Trinajstić information content (AvgIpc) is 3.40. The van der Waals surface area contributed by atoms with Gasteiger partial charge in [0, 0.05) is 19.2 Å². The molecule has 0 spiro atoms. The molecule has 2 saturated heterocycles. The summed E-state index contributed by atoms with van der Waals surface area (Å²) in [5.41, 5.74) is 1.70. The van der Waals surface area contributed by atoms with E-state index in [-0.39, 0.29) is 49.8 Å². The Kier molecular flexibility index (Phi) is 7.86. The van der Waals surface area contributed by atoms with Crippen LogP contribution in [0, 0.1) is 0 Å². The maximum absolute atomic E-state index is 12.7. The molecule has 2 aromatic rings. The minimum absolute atomic E-state index is 0.139. The standard InChI is InChI=1S/C21H32ClN4O7P/c1-6-29-34(27,30-7-2)12-28-11-16-18-17(32-21(3,4)33-18)15(31-16)10-13-8-9-14-19(23-5)24-20(22)25-26(13)14/h8-9,15-18H,6-7,10-12H2,1-5H3,(H,23,24,25)/t15-,16-,17+,18-/m1/s1. The van der Waals surface area contributed by atoms with Gasteiger partial charge in [0.25, 0.3) is 0 Å². The molecule has 0 amide bonds. The average molecular weight is 519 g/mol. The molecule has 0 bridgehead atoms. The van der Waals surface area contributed by atoms with Crippen LogP contribution in [0.5, 0.6) is 0 Å². The Balaban J connectivity index is 1.48. The van der Waals surface area contributed by atoms with E-state index in [1.165, 1.54) is 0 Å². The molecule has 1 N–H and O–H groups in total. The number of rotatable bonds is 11. The summed E-state index contributed by atoms with van der Waals surface area (Å²) in [6, 6.07) is 3.89. The van der Waals surface area contributed by atoms with Crippen LogP contribution in [0.3, 0.4) is 0 Å². The van der Waals surface area contributed by atoms with Crippen LogP contribution in [-0.2, 0) is 39.0 Å². The molecule has 11 nitrogen and oxygen atoms in total. The number of anilines is 1. The molecule has 4 rings (SSSR count). The number of nitrogens with one attached hydrogen (secondary N) is 1. The first-order chi connectivity index (χ1) is 16.2. The molecule has 4 atom stereocenters. The Morgan fingerprint density at radius 1 is 1.18 bits per heavy atom. The summed E-state index contributed by atoms with van der Waals surface area (Å²) in [7, 11) is -1.54. The Morgan fingerprint density at radius 3 is 2.50 bits per heavy atom. The van der Waals surface area contributed by atoms with Crippen molar-refractivity contribution < 1.29 is 32.6 Å². The molecule has 2 fully saturated rings. The molecule has 0 saturated carbocycles. The Labute approximate surface area is 203 Å². The van der Waals surface area contributed by atoms with Gasteiger partial charge in [-0.2, -0.15) is 4.98 Å². The molecular formula is C21H32ClN4O7P. The predicted octanol–water partition coefficient (Wildman–Crippen LogP) is 3.49. The van der Waals surface area contributed by atoms with Gasteiger partial charge in [0.15, 0.2) is 11.6 Å². The normalized spacial score (nSPS) is 26.3. The van der Waals surface area contributed by atoms with E-state index in [4.69, 9.17) is 39.6 Å². The van der Waals surface area contributed by atoms with E-state index in [0.717, 1.165) is 11.2 Å². The van der Waals surface area contributed by atoms with Crippen LogP contribution in [0.2, 0.25) is 5.28 Å². The number of hydrogen-bond donors (Lipinski definition) is 1. The lowest BCUT2D eigenvalue weighted by atomic mass is 10.0. The van der Waals surface area contributed by atoms with Gasteiger partial charge in [-0.1, -0.05) is 0 Å². The molecule has 4 heterocycles. The maximum Gasteiger partial charge on any atom is 0.356 e. The molecule has 2 aliphatic heterocycles. The van der Waals surface area contributed by atoms with Crippen molar-refractivity contribution >= 4 is 30.5 Å². The first kappa shape index (κ1) is 25.8. The second-order valence-electron chi connectivity index (χ2n) is 8.53. The SMILES string of the molecule is CCOP(=O)(COC[C@H]1O[C@H](Cc2ccc3c(NC)nc(Cl)nn23)[C@@H]2OC(C)(C)O[C@@H]21)OCC. The molecule has 13 heteroatoms. The summed E-state index contributed by atoms with van der Waals surface area (Å²) >= 11 is 6.12. The molecule has 190 valence electrons. The van der Waals surface area contributed by atoms with Gasteiger partial charge in [-0.15, -0.1) is 5.10 Å². The van der Waals surface area contributed by atoms with Crippen LogP contribution in [0.4, 0.5) is 5.82 Å². The third-order valence-corrected chi connectivity index (χ3v) is 7.60. The van der Waals surface area contributed by atoms with E-state index < -0.39 is 19.5 Å².